The van der Waals surface area contributed by atoms with Crippen molar-refractivity contribution >= 4 is 23.0 Å². The van der Waals surface area contributed by atoms with Crippen LogP contribution in [0.3, 0.4) is 0 Å². The van der Waals surface area contributed by atoms with Gasteiger partial charge in [-0.3, -0.25) is 0 Å². The molecule has 3 heterocycles. The van der Waals surface area contributed by atoms with Crippen LogP contribution in [0.5, 0.6) is 0 Å². The molecule has 4 aromatic carbocycles. The maximum Gasteiger partial charge on any atom is 0.179 e. The number of nitrogens with zero attached hydrogens (tertiary/aromatic N) is 4. The lowest BCUT2D eigenvalue weighted by atomic mass is 9.57. The highest BCUT2D eigenvalue weighted by Crippen LogP contribution is 2.63. The minimum atomic E-state index is -0.231. The minimum Gasteiger partial charge on any atom is -0.301 e. The largest absolute Gasteiger partial charge is 0.301 e. The van der Waals surface area contributed by atoms with Gasteiger partial charge in [-0.25, -0.2) is 9.97 Å². The molecule has 0 bridgehead atoms. The van der Waals surface area contributed by atoms with E-state index in [1.54, 1.807) is 0 Å². The van der Waals surface area contributed by atoms with Gasteiger partial charge >= 0.3 is 0 Å². The average Bonchev–Trinajstić information content (AvgIpc) is 3.36. The summed E-state index contributed by atoms with van der Waals surface area (Å²) in [5, 5.41) is 0. The molecule has 0 saturated carbocycles. The summed E-state index contributed by atoms with van der Waals surface area (Å²) < 4.78 is 0. The molecule has 0 saturated heterocycles. The molecule has 2 atom stereocenters. The van der Waals surface area contributed by atoms with Gasteiger partial charge in [0, 0.05) is 33.3 Å². The van der Waals surface area contributed by atoms with Crippen molar-refractivity contribution in [2.75, 3.05) is 9.80 Å². The molecule has 4 heteroatoms. The Morgan fingerprint density at radius 3 is 1.67 bits per heavy atom. The Bertz CT molecular complexity index is 1920. The van der Waals surface area contributed by atoms with Crippen LogP contribution in [0.1, 0.15) is 55.0 Å². The van der Waals surface area contributed by atoms with E-state index >= 15 is 0 Å². The fourth-order valence-corrected chi connectivity index (χ4v) is 8.00. The summed E-state index contributed by atoms with van der Waals surface area (Å²) in [6, 6.07) is 32.6. The van der Waals surface area contributed by atoms with Gasteiger partial charge in [-0.2, -0.15) is 0 Å². The van der Waals surface area contributed by atoms with Crippen molar-refractivity contribution in [3.63, 3.8) is 0 Å². The van der Waals surface area contributed by atoms with Crippen molar-refractivity contribution in [3.8, 4) is 22.5 Å². The highest BCUT2D eigenvalue weighted by Gasteiger charge is 2.60. The van der Waals surface area contributed by atoms with Gasteiger partial charge in [0.1, 0.15) is 6.17 Å². The fourth-order valence-electron chi connectivity index (χ4n) is 8.00. The molecule has 2 aliphatic heterocycles. The van der Waals surface area contributed by atoms with Gasteiger partial charge in [-0.15, -0.1) is 6.58 Å². The Kier molecular flexibility index (Phi) is 6.74. The lowest BCUT2D eigenvalue weighted by Crippen LogP contribution is -2.61. The Hall–Kier alpha value is -4.70. The third kappa shape index (κ3) is 4.11. The van der Waals surface area contributed by atoms with Crippen LogP contribution < -0.4 is 9.80 Å². The molecule has 1 aromatic heterocycles. The van der Waals surface area contributed by atoms with E-state index in [1.807, 2.05) is 0 Å². The molecule has 226 valence electrons. The summed E-state index contributed by atoms with van der Waals surface area (Å²) >= 11 is 0. The van der Waals surface area contributed by atoms with Gasteiger partial charge in [0.15, 0.2) is 11.6 Å². The predicted molar refractivity (Wildman–Crippen MR) is 189 cm³/mol. The van der Waals surface area contributed by atoms with Crippen LogP contribution in [0, 0.1) is 33.1 Å². The second-order valence-electron chi connectivity index (χ2n) is 13.6. The number of allylic oxidation sites excluding steroid dienone is 1. The first-order valence-corrected chi connectivity index (χ1v) is 16.0. The molecule has 45 heavy (non-hydrogen) atoms. The molecule has 7 rings (SSSR count). The molecule has 0 aliphatic carbocycles. The van der Waals surface area contributed by atoms with Gasteiger partial charge < -0.3 is 9.80 Å². The third-order valence-electron chi connectivity index (χ3n) is 10.7. The van der Waals surface area contributed by atoms with E-state index in [0.717, 1.165) is 46.3 Å². The zero-order valence-corrected chi connectivity index (χ0v) is 27.5. The zero-order valence-electron chi connectivity index (χ0n) is 27.5. The van der Waals surface area contributed by atoms with Gasteiger partial charge in [-0.1, -0.05) is 99.6 Å². The van der Waals surface area contributed by atoms with Crippen LogP contribution in [0.2, 0.25) is 0 Å². The molecular weight excluding hydrogens is 548 g/mol. The highest BCUT2D eigenvalue weighted by atomic mass is 15.5. The number of rotatable bonds is 5. The molecule has 2 unspecified atom stereocenters. The van der Waals surface area contributed by atoms with Crippen LogP contribution in [-0.4, -0.2) is 16.1 Å². The first-order valence-electron chi connectivity index (χ1n) is 16.0. The smallest absolute Gasteiger partial charge is 0.179 e. The molecule has 0 fully saturated rings. The Labute approximate surface area is 268 Å². The van der Waals surface area contributed by atoms with E-state index in [2.05, 4.69) is 162 Å². The number of hydrogen-bond donors (Lipinski definition) is 0. The molecule has 5 aromatic rings. The monoisotopic (exact) mass is 590 g/mol. The molecule has 0 amide bonds. The molecule has 0 radical (unpaired) electrons. The predicted octanol–water partition coefficient (Wildman–Crippen LogP) is 10.5. The zero-order chi connectivity index (χ0) is 31.7. The summed E-state index contributed by atoms with van der Waals surface area (Å²) in [7, 11) is 0. The van der Waals surface area contributed by atoms with E-state index in [9.17, 15) is 0 Å². The van der Waals surface area contributed by atoms with E-state index < -0.39 is 0 Å². The van der Waals surface area contributed by atoms with Crippen molar-refractivity contribution in [3.05, 3.63) is 131 Å². The number of para-hydroxylation sites is 2. The number of benzene rings is 4. The molecule has 4 nitrogen and oxygen atoms in total. The molecular formula is C41H42N4. The Morgan fingerprint density at radius 1 is 0.644 bits per heavy atom. The first kappa shape index (κ1) is 29.0. The summed E-state index contributed by atoms with van der Waals surface area (Å²) in [5.74, 6) is 1.79. The number of hydrogen-bond acceptors (Lipinski definition) is 4. The SMILES string of the molecule is C=CCC1(C)c2ccccc2N2c3nc(-c4c(C)cccc4C)c(-c4c(C)cccc4C)nc3N(c3ccccc3)C2C1(C)C. The van der Waals surface area contributed by atoms with Crippen molar-refractivity contribution in [1.82, 2.24) is 9.97 Å². The van der Waals surface area contributed by atoms with Crippen LogP contribution >= 0.6 is 0 Å². The molecule has 0 spiro atoms. The van der Waals surface area contributed by atoms with E-state index in [-0.39, 0.29) is 17.0 Å². The number of aromatic nitrogens is 2. The first-order chi connectivity index (χ1) is 21.6. The van der Waals surface area contributed by atoms with Crippen molar-refractivity contribution < 1.29 is 0 Å². The van der Waals surface area contributed by atoms with E-state index in [0.29, 0.717) is 0 Å². The van der Waals surface area contributed by atoms with E-state index in [4.69, 9.17) is 9.97 Å². The second-order valence-corrected chi connectivity index (χ2v) is 13.6. The van der Waals surface area contributed by atoms with Gasteiger partial charge in [0.25, 0.3) is 0 Å². The number of fused-ring (bicyclic) bond motifs is 5. The summed E-state index contributed by atoms with van der Waals surface area (Å²) in [5.41, 5.74) is 12.2. The normalized spacial score (nSPS) is 19.6. The lowest BCUT2D eigenvalue weighted by molar-refractivity contribution is 0.131. The van der Waals surface area contributed by atoms with Crippen LogP contribution in [-0.2, 0) is 5.41 Å². The minimum absolute atomic E-state index is 0.0613. The summed E-state index contributed by atoms with van der Waals surface area (Å²) in [4.78, 5) is 16.4. The third-order valence-corrected chi connectivity index (χ3v) is 10.7. The Morgan fingerprint density at radius 2 is 1.13 bits per heavy atom. The topological polar surface area (TPSA) is 32.3 Å². The lowest BCUT2D eigenvalue weighted by Gasteiger charge is -2.57. The summed E-state index contributed by atoms with van der Waals surface area (Å²) in [6.45, 7) is 20.2. The number of aryl methyl sites for hydroxylation is 4. The maximum atomic E-state index is 5.72. The second kappa shape index (κ2) is 10.4. The van der Waals surface area contributed by atoms with Crippen LogP contribution in [0.25, 0.3) is 22.5 Å². The van der Waals surface area contributed by atoms with Crippen LogP contribution in [0.4, 0.5) is 23.0 Å². The van der Waals surface area contributed by atoms with Crippen molar-refractivity contribution in [1.29, 1.82) is 0 Å². The highest BCUT2D eigenvalue weighted by molar-refractivity contribution is 5.93. The summed E-state index contributed by atoms with van der Waals surface area (Å²) in [6.07, 6.45) is 2.88. The number of anilines is 4. The van der Waals surface area contributed by atoms with Crippen molar-refractivity contribution in [2.24, 2.45) is 5.41 Å². The van der Waals surface area contributed by atoms with Gasteiger partial charge in [-0.05, 0) is 80.1 Å². The maximum absolute atomic E-state index is 5.72. The fraction of sp³-hybridized carbons (Fsp3) is 0.268. The van der Waals surface area contributed by atoms with Crippen LogP contribution in [0.15, 0.2) is 104 Å². The Balaban J connectivity index is 1.63. The van der Waals surface area contributed by atoms with Gasteiger partial charge in [0.2, 0.25) is 0 Å². The molecule has 2 aliphatic rings. The standard InChI is InChI=1S/C41H42N4/c1-9-25-41(8)31-23-13-14-24-32(31)45-38-37(44(39(45)40(41,6)7)30-21-11-10-12-22-30)42-35(33-26(2)17-15-18-27(33)3)36(43-38)34-28(4)19-16-20-29(34)5/h9-24,39H,1,25H2,2-8H3. The quantitative estimate of drug-likeness (QED) is 0.191. The average molecular weight is 591 g/mol. The van der Waals surface area contributed by atoms with Crippen molar-refractivity contribution in [2.45, 2.75) is 66.5 Å². The van der Waals surface area contributed by atoms with E-state index in [1.165, 1.54) is 33.5 Å². The van der Waals surface area contributed by atoms with Gasteiger partial charge in [0.05, 0.1) is 11.4 Å². The molecule has 0 N–H and O–H groups in total.